The van der Waals surface area contributed by atoms with Crippen molar-refractivity contribution in [2.75, 3.05) is 19.6 Å². The molecule has 3 aliphatic rings. The van der Waals surface area contributed by atoms with Gasteiger partial charge in [-0.05, 0) is 37.7 Å². The molecule has 1 spiro atoms. The lowest BCUT2D eigenvalue weighted by atomic mass is 9.80. The van der Waals surface area contributed by atoms with E-state index < -0.39 is 0 Å². The largest absolute Gasteiger partial charge is 0.487 e. The van der Waals surface area contributed by atoms with Crippen molar-refractivity contribution in [1.29, 1.82) is 0 Å². The van der Waals surface area contributed by atoms with E-state index in [1.165, 1.54) is 43.6 Å². The number of nitrogens with one attached hydrogen (secondary N) is 1. The number of piperidine rings is 1. The lowest BCUT2D eigenvalue weighted by Gasteiger charge is -2.47. The SMILES string of the molecule is Cn1cc(CNC2CC3(CCN(CC4CC4)CC3)Oc3ccccc32)cn1. The van der Waals surface area contributed by atoms with Gasteiger partial charge in [-0.25, -0.2) is 0 Å². The first kappa shape index (κ1) is 17.3. The Morgan fingerprint density at radius 1 is 1.22 bits per heavy atom. The van der Waals surface area contributed by atoms with E-state index in [9.17, 15) is 0 Å². The van der Waals surface area contributed by atoms with Crippen LogP contribution in [0, 0.1) is 5.92 Å². The number of fused-ring (bicyclic) bond motifs is 1. The Kier molecular flexibility index (Phi) is 4.44. The molecule has 0 radical (unpaired) electrons. The molecule has 1 saturated carbocycles. The highest BCUT2D eigenvalue weighted by Crippen LogP contribution is 2.44. The number of nitrogens with zero attached hydrogens (tertiary/aromatic N) is 3. The first-order valence-electron chi connectivity index (χ1n) is 10.4. The summed E-state index contributed by atoms with van der Waals surface area (Å²) in [5, 5.41) is 8.08. The summed E-state index contributed by atoms with van der Waals surface area (Å²) in [6.45, 7) is 4.49. The second-order valence-electron chi connectivity index (χ2n) is 8.73. The van der Waals surface area contributed by atoms with Gasteiger partial charge in [0.1, 0.15) is 11.4 Å². The molecule has 27 heavy (non-hydrogen) atoms. The highest BCUT2D eigenvalue weighted by molar-refractivity contribution is 5.39. The fourth-order valence-corrected chi connectivity index (χ4v) is 4.72. The third kappa shape index (κ3) is 3.76. The highest BCUT2D eigenvalue weighted by Gasteiger charge is 2.43. The lowest BCUT2D eigenvalue weighted by molar-refractivity contribution is -0.0263. The Hall–Kier alpha value is -1.85. The van der Waals surface area contributed by atoms with E-state index in [1.807, 2.05) is 17.9 Å². The zero-order valence-electron chi connectivity index (χ0n) is 16.2. The molecule has 1 aromatic carbocycles. The van der Waals surface area contributed by atoms with Crippen molar-refractivity contribution in [3.05, 3.63) is 47.8 Å². The topological polar surface area (TPSA) is 42.3 Å². The summed E-state index contributed by atoms with van der Waals surface area (Å²) in [6, 6.07) is 8.91. The number of hydrogen-bond donors (Lipinski definition) is 1. The van der Waals surface area contributed by atoms with Crippen LogP contribution in [-0.2, 0) is 13.6 Å². The van der Waals surface area contributed by atoms with Crippen LogP contribution in [0.4, 0.5) is 0 Å². The normalized spacial score (nSPS) is 24.6. The molecule has 5 heteroatoms. The Morgan fingerprint density at radius 2 is 2.04 bits per heavy atom. The van der Waals surface area contributed by atoms with Gasteiger partial charge in [-0.15, -0.1) is 0 Å². The summed E-state index contributed by atoms with van der Waals surface area (Å²) in [5.74, 6) is 2.05. The molecule has 1 atom stereocenters. The van der Waals surface area contributed by atoms with Crippen molar-refractivity contribution in [2.24, 2.45) is 13.0 Å². The van der Waals surface area contributed by atoms with Crippen molar-refractivity contribution in [1.82, 2.24) is 20.0 Å². The minimum atomic E-state index is -0.0129. The number of aromatic nitrogens is 2. The summed E-state index contributed by atoms with van der Waals surface area (Å²) in [7, 11) is 1.97. The summed E-state index contributed by atoms with van der Waals surface area (Å²) < 4.78 is 8.50. The van der Waals surface area contributed by atoms with Gasteiger partial charge in [0.15, 0.2) is 0 Å². The standard InChI is InChI=1S/C22H30N4O/c1-25-15-18(14-24-25)13-23-20-12-22(27-21-5-3-2-4-19(20)21)8-10-26(11-9-22)16-17-6-7-17/h2-5,14-15,17,20,23H,6-13,16H2,1H3. The summed E-state index contributed by atoms with van der Waals surface area (Å²) in [5.41, 5.74) is 2.52. The molecular weight excluding hydrogens is 336 g/mol. The average molecular weight is 367 g/mol. The predicted molar refractivity (Wildman–Crippen MR) is 106 cm³/mol. The molecule has 2 aliphatic heterocycles. The van der Waals surface area contributed by atoms with E-state index >= 15 is 0 Å². The minimum Gasteiger partial charge on any atom is -0.487 e. The van der Waals surface area contributed by atoms with Gasteiger partial charge in [0.05, 0.1) is 6.20 Å². The van der Waals surface area contributed by atoms with Crippen LogP contribution in [0.15, 0.2) is 36.7 Å². The van der Waals surface area contributed by atoms with Gasteiger partial charge in [-0.3, -0.25) is 4.68 Å². The lowest BCUT2D eigenvalue weighted by Crippen LogP contribution is -2.52. The van der Waals surface area contributed by atoms with Crippen LogP contribution in [0.1, 0.15) is 49.3 Å². The van der Waals surface area contributed by atoms with Crippen LogP contribution < -0.4 is 10.1 Å². The molecule has 5 nitrogen and oxygen atoms in total. The third-order valence-electron chi connectivity index (χ3n) is 6.49. The molecule has 1 unspecified atom stereocenters. The highest BCUT2D eigenvalue weighted by atomic mass is 16.5. The van der Waals surface area contributed by atoms with E-state index in [0.29, 0.717) is 6.04 Å². The molecule has 3 heterocycles. The van der Waals surface area contributed by atoms with E-state index in [0.717, 1.165) is 37.5 Å². The smallest absolute Gasteiger partial charge is 0.124 e. The van der Waals surface area contributed by atoms with Gasteiger partial charge in [-0.2, -0.15) is 5.10 Å². The number of likely N-dealkylation sites (tertiary alicyclic amines) is 1. The Labute approximate surface area is 161 Å². The zero-order valence-corrected chi connectivity index (χ0v) is 16.2. The Morgan fingerprint density at radius 3 is 2.78 bits per heavy atom. The molecular formula is C22H30N4O. The molecule has 1 saturated heterocycles. The third-order valence-corrected chi connectivity index (χ3v) is 6.49. The maximum atomic E-state index is 6.63. The van der Waals surface area contributed by atoms with Gasteiger partial charge in [0, 0.05) is 63.0 Å². The van der Waals surface area contributed by atoms with Crippen LogP contribution in [0.3, 0.4) is 0 Å². The molecule has 144 valence electrons. The summed E-state index contributed by atoms with van der Waals surface area (Å²) >= 11 is 0. The molecule has 1 aliphatic carbocycles. The number of rotatable bonds is 5. The molecule has 1 N–H and O–H groups in total. The second kappa shape index (κ2) is 6.95. The van der Waals surface area contributed by atoms with Crippen molar-refractivity contribution in [3.63, 3.8) is 0 Å². The van der Waals surface area contributed by atoms with Gasteiger partial charge in [0.25, 0.3) is 0 Å². The number of aryl methyl sites for hydroxylation is 1. The molecule has 2 aromatic rings. The van der Waals surface area contributed by atoms with Crippen LogP contribution in [0.2, 0.25) is 0 Å². The van der Waals surface area contributed by atoms with E-state index in [-0.39, 0.29) is 5.60 Å². The second-order valence-corrected chi connectivity index (χ2v) is 8.73. The number of ether oxygens (including phenoxy) is 1. The molecule has 0 amide bonds. The summed E-state index contributed by atoms with van der Waals surface area (Å²) in [4.78, 5) is 2.66. The Balaban J connectivity index is 1.30. The van der Waals surface area contributed by atoms with Crippen LogP contribution in [-0.4, -0.2) is 39.9 Å². The minimum absolute atomic E-state index is 0.0129. The molecule has 0 bridgehead atoms. The monoisotopic (exact) mass is 366 g/mol. The fraction of sp³-hybridized carbons (Fsp3) is 0.591. The van der Waals surface area contributed by atoms with Crippen molar-refractivity contribution >= 4 is 0 Å². The van der Waals surface area contributed by atoms with Gasteiger partial charge in [-0.1, -0.05) is 18.2 Å². The molecule has 2 fully saturated rings. The van der Waals surface area contributed by atoms with Gasteiger partial charge in [0.2, 0.25) is 0 Å². The molecule has 5 rings (SSSR count). The van der Waals surface area contributed by atoms with Crippen LogP contribution >= 0.6 is 0 Å². The molecule has 1 aromatic heterocycles. The van der Waals surface area contributed by atoms with Crippen molar-refractivity contribution in [3.8, 4) is 5.75 Å². The maximum absolute atomic E-state index is 6.63. The van der Waals surface area contributed by atoms with E-state index in [2.05, 4.69) is 45.8 Å². The van der Waals surface area contributed by atoms with Crippen LogP contribution in [0.25, 0.3) is 0 Å². The quantitative estimate of drug-likeness (QED) is 0.882. The maximum Gasteiger partial charge on any atom is 0.124 e. The van der Waals surface area contributed by atoms with Gasteiger partial charge >= 0.3 is 0 Å². The van der Waals surface area contributed by atoms with Crippen molar-refractivity contribution < 1.29 is 4.74 Å². The van der Waals surface area contributed by atoms with Crippen molar-refractivity contribution in [2.45, 2.75) is 50.3 Å². The first-order chi connectivity index (χ1) is 13.2. The first-order valence-corrected chi connectivity index (χ1v) is 10.4. The number of para-hydroxylation sites is 1. The van der Waals surface area contributed by atoms with Crippen LogP contribution in [0.5, 0.6) is 5.75 Å². The number of benzene rings is 1. The van der Waals surface area contributed by atoms with E-state index in [1.54, 1.807) is 0 Å². The zero-order chi connectivity index (χ0) is 18.3. The van der Waals surface area contributed by atoms with Gasteiger partial charge < -0.3 is 15.0 Å². The fourth-order valence-electron chi connectivity index (χ4n) is 4.72. The average Bonchev–Trinajstić information content (AvgIpc) is 3.40. The predicted octanol–water partition coefficient (Wildman–Crippen LogP) is 3.28. The Bertz CT molecular complexity index is 789. The van der Waals surface area contributed by atoms with E-state index in [4.69, 9.17) is 4.74 Å². The number of hydrogen-bond acceptors (Lipinski definition) is 4. The summed E-state index contributed by atoms with van der Waals surface area (Å²) in [6.07, 6.45) is 10.2.